The second kappa shape index (κ2) is 10.0. The summed E-state index contributed by atoms with van der Waals surface area (Å²) in [6, 6.07) is 6.71. The molecule has 3 fully saturated rings. The van der Waals surface area contributed by atoms with Crippen molar-refractivity contribution in [3.8, 4) is 11.3 Å². The second-order valence-electron chi connectivity index (χ2n) is 8.91. The van der Waals surface area contributed by atoms with Crippen molar-refractivity contribution in [3.05, 3.63) is 39.6 Å². The maximum Gasteiger partial charge on any atom is 0.490 e. The largest absolute Gasteiger partial charge is 0.490 e. The molecule has 2 heterocycles. The number of alkyl halides is 3. The minimum absolute atomic E-state index is 0.303. The zero-order valence-corrected chi connectivity index (χ0v) is 19.9. The van der Waals surface area contributed by atoms with Crippen LogP contribution in [0.2, 0.25) is 10.0 Å². The molecule has 2 saturated carbocycles. The van der Waals surface area contributed by atoms with E-state index < -0.39 is 12.1 Å². The number of hydrogen-bond donors (Lipinski definition) is 2. The smallest absolute Gasteiger partial charge is 0.475 e. The van der Waals surface area contributed by atoms with Gasteiger partial charge in [-0.2, -0.15) is 13.2 Å². The number of benzene rings is 1. The highest BCUT2D eigenvalue weighted by atomic mass is 35.5. The van der Waals surface area contributed by atoms with Gasteiger partial charge in [0.05, 0.1) is 22.8 Å². The molecule has 186 valence electrons. The fraction of sp³-hybridized carbons (Fsp3) is 0.565. The Kier molecular flexibility index (Phi) is 7.47. The highest BCUT2D eigenvalue weighted by molar-refractivity contribution is 6.39. The predicted molar refractivity (Wildman–Crippen MR) is 120 cm³/mol. The predicted octanol–water partition coefficient (Wildman–Crippen LogP) is 6.20. The summed E-state index contributed by atoms with van der Waals surface area (Å²) < 4.78 is 43.9. The maximum absolute atomic E-state index is 10.6. The molecule has 1 saturated heterocycles. The molecule has 0 spiro atoms. The van der Waals surface area contributed by atoms with Crippen LogP contribution in [0.3, 0.4) is 0 Å². The normalized spacial score (nSPS) is 25.8. The fourth-order valence-corrected chi connectivity index (χ4v) is 5.44. The molecule has 2 aliphatic carbocycles. The summed E-state index contributed by atoms with van der Waals surface area (Å²) in [6.07, 6.45) is 0.987. The molecule has 4 unspecified atom stereocenters. The van der Waals surface area contributed by atoms with Crippen molar-refractivity contribution in [1.29, 1.82) is 0 Å². The minimum atomic E-state index is -5.08. The minimum Gasteiger partial charge on any atom is -0.475 e. The number of piperidine rings is 1. The number of hydrogen-bond acceptors (Lipinski definition) is 5. The number of aromatic nitrogens is 1. The van der Waals surface area contributed by atoms with Crippen LogP contribution in [0.5, 0.6) is 0 Å². The van der Waals surface area contributed by atoms with Gasteiger partial charge in [-0.05, 0) is 44.2 Å². The summed E-state index contributed by atoms with van der Waals surface area (Å²) in [7, 11) is 0. The first kappa shape index (κ1) is 25.3. The van der Waals surface area contributed by atoms with Crippen molar-refractivity contribution in [3.63, 3.8) is 0 Å². The van der Waals surface area contributed by atoms with Crippen molar-refractivity contribution in [1.82, 2.24) is 10.5 Å². The molecule has 1 aromatic heterocycles. The van der Waals surface area contributed by atoms with Crippen LogP contribution in [-0.4, -0.2) is 40.6 Å². The number of nitrogens with one attached hydrogen (secondary N) is 1. The lowest BCUT2D eigenvalue weighted by atomic mass is 9.95. The van der Waals surface area contributed by atoms with Crippen molar-refractivity contribution < 1.29 is 32.3 Å². The number of ether oxygens (including phenoxy) is 1. The third kappa shape index (κ3) is 5.37. The molecule has 34 heavy (non-hydrogen) atoms. The average molecular weight is 521 g/mol. The van der Waals surface area contributed by atoms with Crippen LogP contribution in [0.15, 0.2) is 22.7 Å². The van der Waals surface area contributed by atoms with Gasteiger partial charge in [-0.15, -0.1) is 0 Å². The van der Waals surface area contributed by atoms with Crippen LogP contribution in [0.4, 0.5) is 13.2 Å². The Labute approximate surface area is 204 Å². The molecule has 2 N–H and O–H groups in total. The van der Waals surface area contributed by atoms with Crippen LogP contribution < -0.4 is 5.32 Å². The number of carboxylic acid groups (broad SMARTS) is 1. The first-order chi connectivity index (χ1) is 16.1. The van der Waals surface area contributed by atoms with Gasteiger partial charge in [0.2, 0.25) is 0 Å². The van der Waals surface area contributed by atoms with Crippen molar-refractivity contribution in [2.45, 2.75) is 75.9 Å². The summed E-state index contributed by atoms with van der Waals surface area (Å²) in [6.45, 7) is 2.76. The fourth-order valence-electron chi connectivity index (χ4n) is 4.87. The molecule has 11 heteroatoms. The monoisotopic (exact) mass is 520 g/mol. The van der Waals surface area contributed by atoms with Crippen LogP contribution >= 0.6 is 23.2 Å². The van der Waals surface area contributed by atoms with E-state index in [2.05, 4.69) is 17.4 Å². The van der Waals surface area contributed by atoms with Gasteiger partial charge in [-0.3, -0.25) is 0 Å². The first-order valence-corrected chi connectivity index (χ1v) is 12.0. The van der Waals surface area contributed by atoms with E-state index in [0.717, 1.165) is 48.3 Å². The molecular weight excluding hydrogens is 496 g/mol. The van der Waals surface area contributed by atoms with E-state index in [1.807, 2.05) is 18.2 Å². The first-order valence-electron chi connectivity index (χ1n) is 11.2. The lowest BCUT2D eigenvalue weighted by Gasteiger charge is -2.29. The molecule has 0 radical (unpaired) electrons. The summed E-state index contributed by atoms with van der Waals surface area (Å²) >= 11 is 12.9. The molecule has 3 aliphatic rings. The Morgan fingerprint density at radius 1 is 1.26 bits per heavy atom. The molecule has 2 aromatic rings. The van der Waals surface area contributed by atoms with Crippen molar-refractivity contribution in [2.24, 2.45) is 5.92 Å². The average Bonchev–Trinajstić information content (AvgIpc) is 3.23. The lowest BCUT2D eigenvalue weighted by molar-refractivity contribution is -0.192. The Bertz CT molecular complexity index is 1020. The molecule has 5 rings (SSSR count). The Morgan fingerprint density at radius 2 is 1.91 bits per heavy atom. The van der Waals surface area contributed by atoms with Gasteiger partial charge in [0, 0.05) is 35.0 Å². The molecule has 4 atom stereocenters. The van der Waals surface area contributed by atoms with E-state index in [1.54, 1.807) is 0 Å². The number of rotatable bonds is 6. The Morgan fingerprint density at radius 3 is 2.44 bits per heavy atom. The van der Waals surface area contributed by atoms with Crippen molar-refractivity contribution >= 4 is 29.2 Å². The molecule has 6 nitrogen and oxygen atoms in total. The summed E-state index contributed by atoms with van der Waals surface area (Å²) in [5, 5.41) is 16.4. The van der Waals surface area contributed by atoms with E-state index in [0.29, 0.717) is 46.7 Å². The molecule has 1 aliphatic heterocycles. The van der Waals surface area contributed by atoms with E-state index in [9.17, 15) is 13.2 Å². The maximum atomic E-state index is 10.6. The zero-order chi connectivity index (χ0) is 24.6. The topological polar surface area (TPSA) is 84.6 Å². The standard InChI is InChI=1S/C21H24Cl2N2O2.C2HF3O2/c1-2-17-13-8-12(24-17)9-18(13)26-10-14-20(25-27-21(14)11-6-7-11)19-15(22)4-3-5-16(19)23;3-2(4,5)1(6)7/h3-5,11-13,17-18,24H,2,6-10H2,1H3;(H,6,7). The van der Waals surface area contributed by atoms with E-state index >= 15 is 0 Å². The van der Waals surface area contributed by atoms with Crippen LogP contribution in [-0.2, 0) is 16.1 Å². The number of fused-ring (bicyclic) bond motifs is 2. The van der Waals surface area contributed by atoms with Gasteiger partial charge < -0.3 is 19.7 Å². The molecular formula is C23H25Cl2F3N2O4. The van der Waals surface area contributed by atoms with Gasteiger partial charge in [0.15, 0.2) is 0 Å². The summed E-state index contributed by atoms with van der Waals surface area (Å²) in [5.74, 6) is -0.741. The van der Waals surface area contributed by atoms with Gasteiger partial charge in [0.25, 0.3) is 0 Å². The van der Waals surface area contributed by atoms with E-state index in [1.165, 1.54) is 6.42 Å². The number of carbonyl (C=O) groups is 1. The summed E-state index contributed by atoms with van der Waals surface area (Å²) in [4.78, 5) is 8.90. The number of aliphatic carboxylic acids is 1. The third-order valence-corrected chi connectivity index (χ3v) is 7.24. The molecule has 0 amide bonds. The van der Waals surface area contributed by atoms with Crippen LogP contribution in [0.25, 0.3) is 11.3 Å². The van der Waals surface area contributed by atoms with Gasteiger partial charge in [-0.1, -0.05) is 41.3 Å². The number of halogens is 5. The molecule has 1 aromatic carbocycles. The molecule has 2 bridgehead atoms. The lowest BCUT2D eigenvalue weighted by Crippen LogP contribution is -2.42. The van der Waals surface area contributed by atoms with Crippen molar-refractivity contribution in [2.75, 3.05) is 0 Å². The van der Waals surface area contributed by atoms with E-state index in [4.69, 9.17) is 42.4 Å². The van der Waals surface area contributed by atoms with Crippen LogP contribution in [0.1, 0.15) is 56.3 Å². The van der Waals surface area contributed by atoms with Gasteiger partial charge in [-0.25, -0.2) is 4.79 Å². The SMILES string of the molecule is CCC1NC2CC(OCc3c(-c4c(Cl)cccc4Cl)noc3C3CC3)C1C2.O=C(O)C(F)(F)F. The van der Waals surface area contributed by atoms with Crippen LogP contribution in [0, 0.1) is 5.92 Å². The number of nitrogens with zero attached hydrogens (tertiary/aromatic N) is 1. The van der Waals surface area contributed by atoms with Gasteiger partial charge >= 0.3 is 12.1 Å². The third-order valence-electron chi connectivity index (χ3n) is 6.61. The summed E-state index contributed by atoms with van der Waals surface area (Å²) in [5.41, 5.74) is 2.51. The quantitative estimate of drug-likeness (QED) is 0.471. The van der Waals surface area contributed by atoms with E-state index in [-0.39, 0.29) is 0 Å². The highest BCUT2D eigenvalue weighted by Gasteiger charge is 2.46. The second-order valence-corrected chi connectivity index (χ2v) is 9.73. The highest BCUT2D eigenvalue weighted by Crippen LogP contribution is 2.47. The Balaban J connectivity index is 0.000000344. The zero-order valence-electron chi connectivity index (χ0n) is 18.4. The van der Waals surface area contributed by atoms with Gasteiger partial charge in [0.1, 0.15) is 11.5 Å². The number of carboxylic acids is 1. The Hall–Kier alpha value is -1.81.